The van der Waals surface area contributed by atoms with Gasteiger partial charge in [0.25, 0.3) is 0 Å². The molecule has 0 radical (unpaired) electrons. The highest BCUT2D eigenvalue weighted by atomic mass is 16.6. The molecule has 1 atom stereocenters. The second-order valence-corrected chi connectivity index (χ2v) is 3.72. The summed E-state index contributed by atoms with van der Waals surface area (Å²) in [7, 11) is 0. The van der Waals surface area contributed by atoms with E-state index in [9.17, 15) is 0 Å². The first-order valence-corrected chi connectivity index (χ1v) is 5.56. The molecule has 6 heteroatoms. The van der Waals surface area contributed by atoms with E-state index in [0.29, 0.717) is 24.5 Å². The number of aromatic nitrogens is 2. The molecule has 0 spiro atoms. The Kier molecular flexibility index (Phi) is 3.89. The Labute approximate surface area is 104 Å². The lowest BCUT2D eigenvalue weighted by Gasteiger charge is -2.09. The predicted octanol–water partition coefficient (Wildman–Crippen LogP) is 1.44. The molecule has 1 aromatic heterocycles. The van der Waals surface area contributed by atoms with Crippen LogP contribution in [0.15, 0.2) is 35.0 Å². The van der Waals surface area contributed by atoms with Crippen LogP contribution in [-0.2, 0) is 0 Å². The van der Waals surface area contributed by atoms with E-state index in [2.05, 4.69) is 15.6 Å². The van der Waals surface area contributed by atoms with Gasteiger partial charge in [-0.15, -0.1) is 0 Å². The van der Waals surface area contributed by atoms with Crippen molar-refractivity contribution in [3.05, 3.63) is 41.6 Å². The number of nitrogens with zero attached hydrogens (tertiary/aromatic N) is 3. The molecule has 0 aliphatic heterocycles. The normalized spacial score (nSPS) is 11.8. The van der Waals surface area contributed by atoms with Gasteiger partial charge in [-0.3, -0.25) is 0 Å². The van der Waals surface area contributed by atoms with Crippen molar-refractivity contribution in [1.82, 2.24) is 10.3 Å². The van der Waals surface area contributed by atoms with Gasteiger partial charge in [0.15, 0.2) is 5.82 Å². The second kappa shape index (κ2) is 5.80. The third-order valence-electron chi connectivity index (χ3n) is 2.50. The number of nitrogens with one attached hydrogen (secondary N) is 1. The summed E-state index contributed by atoms with van der Waals surface area (Å²) < 4.78 is 4.69. The van der Waals surface area contributed by atoms with E-state index < -0.39 is 6.04 Å². The summed E-state index contributed by atoms with van der Waals surface area (Å²) in [5.41, 5.74) is 7.57. The molecule has 0 aliphatic carbocycles. The highest BCUT2D eigenvalue weighted by molar-refractivity contribution is 5.43. The Hall–Kier alpha value is -2.39. The molecular formula is C12H13N5O. The minimum atomic E-state index is -0.401. The summed E-state index contributed by atoms with van der Waals surface area (Å²) in [6.45, 7) is 0.485. The molecular weight excluding hydrogens is 230 g/mol. The monoisotopic (exact) mass is 243 g/mol. The maximum Gasteiger partial charge on any atom is 0.196 e. The molecule has 0 saturated carbocycles. The van der Waals surface area contributed by atoms with Gasteiger partial charge in [0.05, 0.1) is 18.5 Å². The van der Waals surface area contributed by atoms with Gasteiger partial charge in [0.1, 0.15) is 5.69 Å². The van der Waals surface area contributed by atoms with Gasteiger partial charge >= 0.3 is 0 Å². The van der Waals surface area contributed by atoms with E-state index in [1.54, 1.807) is 0 Å². The highest BCUT2D eigenvalue weighted by Gasteiger charge is 2.18. The summed E-state index contributed by atoms with van der Waals surface area (Å²) in [5.74, 6) is 0.488. The number of hydrogen-bond donors (Lipinski definition) is 2. The van der Waals surface area contributed by atoms with Crippen molar-refractivity contribution in [1.29, 1.82) is 5.26 Å². The Morgan fingerprint density at radius 1 is 1.33 bits per heavy atom. The van der Waals surface area contributed by atoms with Crippen molar-refractivity contribution in [3.63, 3.8) is 0 Å². The maximum atomic E-state index is 8.48. The fraction of sp³-hybridized carbons (Fsp3) is 0.250. The Balaban J connectivity index is 2.14. The lowest BCUT2D eigenvalue weighted by Crippen LogP contribution is -2.15. The first-order valence-electron chi connectivity index (χ1n) is 5.56. The predicted molar refractivity (Wildman–Crippen MR) is 65.5 cm³/mol. The van der Waals surface area contributed by atoms with Crippen molar-refractivity contribution in [2.75, 3.05) is 11.9 Å². The lowest BCUT2D eigenvalue weighted by atomic mass is 10.1. The van der Waals surface area contributed by atoms with E-state index in [4.69, 9.17) is 15.6 Å². The van der Waals surface area contributed by atoms with Crippen LogP contribution in [0.25, 0.3) is 0 Å². The van der Waals surface area contributed by atoms with Gasteiger partial charge < -0.3 is 11.1 Å². The number of hydrogen-bond acceptors (Lipinski definition) is 6. The average molecular weight is 243 g/mol. The summed E-state index contributed by atoms with van der Waals surface area (Å²) >= 11 is 0. The molecule has 0 fully saturated rings. The van der Waals surface area contributed by atoms with Gasteiger partial charge in [-0.05, 0) is 10.7 Å². The molecule has 0 aliphatic rings. The van der Waals surface area contributed by atoms with Crippen LogP contribution in [-0.4, -0.2) is 16.9 Å². The van der Waals surface area contributed by atoms with Crippen LogP contribution in [0, 0.1) is 11.3 Å². The van der Waals surface area contributed by atoms with Crippen LogP contribution in [0.3, 0.4) is 0 Å². The molecule has 1 heterocycles. The molecule has 2 aromatic rings. The number of anilines is 1. The van der Waals surface area contributed by atoms with Crippen LogP contribution in [0.4, 0.5) is 5.82 Å². The molecule has 1 aromatic carbocycles. The highest BCUT2D eigenvalue weighted by Crippen LogP contribution is 2.22. The SMILES string of the molecule is N#CCCNc1nonc1C(N)c1ccccc1. The van der Waals surface area contributed by atoms with Gasteiger partial charge in [-0.25, -0.2) is 4.63 Å². The fourth-order valence-electron chi connectivity index (χ4n) is 1.58. The molecule has 6 nitrogen and oxygen atoms in total. The maximum absolute atomic E-state index is 8.48. The largest absolute Gasteiger partial charge is 0.365 e. The second-order valence-electron chi connectivity index (χ2n) is 3.72. The molecule has 1 unspecified atom stereocenters. The molecule has 0 bridgehead atoms. The zero-order valence-electron chi connectivity index (χ0n) is 9.71. The summed E-state index contributed by atoms with van der Waals surface area (Å²) in [4.78, 5) is 0. The van der Waals surface area contributed by atoms with Crippen LogP contribution in [0.2, 0.25) is 0 Å². The number of nitrogens with two attached hydrogens (primary N) is 1. The third kappa shape index (κ3) is 2.64. The first kappa shape index (κ1) is 12.1. The fourth-order valence-corrected chi connectivity index (χ4v) is 1.58. The van der Waals surface area contributed by atoms with Gasteiger partial charge in [0.2, 0.25) is 0 Å². The van der Waals surface area contributed by atoms with E-state index in [0.717, 1.165) is 5.56 Å². The summed E-state index contributed by atoms with van der Waals surface area (Å²) in [5, 5.41) is 19.0. The van der Waals surface area contributed by atoms with Crippen LogP contribution in [0.5, 0.6) is 0 Å². The Morgan fingerprint density at radius 3 is 2.83 bits per heavy atom. The average Bonchev–Trinajstić information content (AvgIpc) is 2.88. The Bertz CT molecular complexity index is 531. The van der Waals surface area contributed by atoms with E-state index >= 15 is 0 Å². The minimum absolute atomic E-state index is 0.382. The van der Waals surface area contributed by atoms with Crippen molar-refractivity contribution >= 4 is 5.82 Å². The molecule has 2 rings (SSSR count). The molecule has 3 N–H and O–H groups in total. The standard InChI is InChI=1S/C12H13N5O/c13-7-4-8-15-12-11(16-18-17-12)10(14)9-5-2-1-3-6-9/h1-3,5-6,10H,4,8,14H2,(H,15,17). The molecule has 92 valence electrons. The molecule has 0 saturated heterocycles. The third-order valence-corrected chi connectivity index (χ3v) is 2.50. The number of nitriles is 1. The van der Waals surface area contributed by atoms with Crippen LogP contribution in [0.1, 0.15) is 23.7 Å². The van der Waals surface area contributed by atoms with Crippen molar-refractivity contribution in [2.45, 2.75) is 12.5 Å². The zero-order valence-corrected chi connectivity index (χ0v) is 9.71. The summed E-state index contributed by atoms with van der Waals surface area (Å²) in [6, 6.07) is 11.2. The summed E-state index contributed by atoms with van der Waals surface area (Å²) in [6.07, 6.45) is 0.382. The van der Waals surface area contributed by atoms with E-state index in [1.807, 2.05) is 36.4 Å². The van der Waals surface area contributed by atoms with Crippen molar-refractivity contribution < 1.29 is 4.63 Å². The molecule has 18 heavy (non-hydrogen) atoms. The van der Waals surface area contributed by atoms with Crippen molar-refractivity contribution in [2.24, 2.45) is 5.73 Å². The minimum Gasteiger partial charge on any atom is -0.365 e. The zero-order chi connectivity index (χ0) is 12.8. The lowest BCUT2D eigenvalue weighted by molar-refractivity contribution is 0.303. The number of rotatable bonds is 5. The first-order chi connectivity index (χ1) is 8.83. The quantitative estimate of drug-likeness (QED) is 0.770. The van der Waals surface area contributed by atoms with E-state index in [-0.39, 0.29) is 0 Å². The molecule has 0 amide bonds. The van der Waals surface area contributed by atoms with Gasteiger partial charge in [-0.1, -0.05) is 35.5 Å². The van der Waals surface area contributed by atoms with Crippen LogP contribution < -0.4 is 11.1 Å². The Morgan fingerprint density at radius 2 is 2.11 bits per heavy atom. The number of benzene rings is 1. The topological polar surface area (TPSA) is 101 Å². The van der Waals surface area contributed by atoms with Gasteiger partial charge in [-0.2, -0.15) is 5.26 Å². The smallest absolute Gasteiger partial charge is 0.196 e. The van der Waals surface area contributed by atoms with Gasteiger partial charge in [0, 0.05) is 6.54 Å². The van der Waals surface area contributed by atoms with E-state index in [1.165, 1.54) is 0 Å². The van der Waals surface area contributed by atoms with Crippen molar-refractivity contribution in [3.8, 4) is 6.07 Å². The van der Waals surface area contributed by atoms with Crippen LogP contribution >= 0.6 is 0 Å².